The van der Waals surface area contributed by atoms with E-state index in [1.54, 1.807) is 12.4 Å². The maximum Gasteiger partial charge on any atom is 0.180 e. The number of aromatic nitrogens is 5. The first-order chi connectivity index (χ1) is 15.2. The third-order valence-electron chi connectivity index (χ3n) is 4.88. The quantitative estimate of drug-likeness (QED) is 0.394. The second-order valence-electron chi connectivity index (χ2n) is 7.20. The van der Waals surface area contributed by atoms with Crippen LogP contribution in [0, 0.1) is 0 Å². The van der Waals surface area contributed by atoms with Crippen LogP contribution in [0.2, 0.25) is 0 Å². The summed E-state index contributed by atoms with van der Waals surface area (Å²) in [6.07, 6.45) is 12.6. The van der Waals surface area contributed by atoms with Crippen molar-refractivity contribution < 1.29 is 0 Å². The van der Waals surface area contributed by atoms with Gasteiger partial charge in [-0.1, -0.05) is 13.0 Å². The number of hydrogen-bond acceptors (Lipinski definition) is 7. The van der Waals surface area contributed by atoms with Gasteiger partial charge in [0.25, 0.3) is 0 Å². The van der Waals surface area contributed by atoms with Gasteiger partial charge in [-0.05, 0) is 37.1 Å². The van der Waals surface area contributed by atoms with Crippen molar-refractivity contribution in [2.24, 2.45) is 0 Å². The van der Waals surface area contributed by atoms with Gasteiger partial charge in [0.1, 0.15) is 17.2 Å². The van der Waals surface area contributed by atoms with E-state index in [9.17, 15) is 0 Å². The van der Waals surface area contributed by atoms with Crippen LogP contribution in [0.3, 0.4) is 0 Å². The van der Waals surface area contributed by atoms with Crippen molar-refractivity contribution in [3.8, 4) is 11.4 Å². The second-order valence-corrected chi connectivity index (χ2v) is 7.20. The fourth-order valence-corrected chi connectivity index (χ4v) is 3.42. The Morgan fingerprint density at radius 3 is 2.71 bits per heavy atom. The smallest absolute Gasteiger partial charge is 0.180 e. The van der Waals surface area contributed by atoms with Crippen molar-refractivity contribution in [1.29, 1.82) is 0 Å². The molecule has 0 amide bonds. The van der Waals surface area contributed by atoms with Crippen molar-refractivity contribution in [3.05, 3.63) is 67.9 Å². The van der Waals surface area contributed by atoms with Crippen LogP contribution >= 0.6 is 0 Å². The summed E-state index contributed by atoms with van der Waals surface area (Å²) in [6, 6.07) is 8.36. The van der Waals surface area contributed by atoms with E-state index in [0.29, 0.717) is 23.0 Å². The van der Waals surface area contributed by atoms with E-state index in [2.05, 4.69) is 62.9 Å². The molecule has 3 N–H and O–H groups in total. The highest BCUT2D eigenvalue weighted by molar-refractivity contribution is 5.73. The van der Waals surface area contributed by atoms with E-state index in [4.69, 9.17) is 10.7 Å². The number of fused-ring (bicyclic) bond motifs is 1. The molecule has 8 heteroatoms. The molecule has 3 aromatic heterocycles. The van der Waals surface area contributed by atoms with Crippen LogP contribution in [0.25, 0.3) is 17.0 Å². The standard InChI is InChI=1S/C23H26N8/c1-3-5-12-30(11-4-2)18-8-6-17(7-9-18)27-22-23-26-10-13-31(23)16-20(29-22)19-14-25-15-21(24)28-19/h3,6-10,13-16H,1,4-5,11-12H2,2H3,(H2,24,28)(H,27,29). The van der Waals surface area contributed by atoms with Crippen LogP contribution in [-0.4, -0.2) is 37.4 Å². The van der Waals surface area contributed by atoms with Crippen molar-refractivity contribution >= 4 is 28.7 Å². The zero-order chi connectivity index (χ0) is 21.6. The first-order valence-electron chi connectivity index (χ1n) is 10.3. The van der Waals surface area contributed by atoms with Crippen molar-refractivity contribution in [1.82, 2.24) is 24.3 Å². The van der Waals surface area contributed by atoms with Gasteiger partial charge in [0.05, 0.1) is 12.4 Å². The minimum absolute atomic E-state index is 0.350. The average Bonchev–Trinajstić information content (AvgIpc) is 3.26. The molecule has 0 saturated heterocycles. The Balaban J connectivity index is 1.62. The van der Waals surface area contributed by atoms with Crippen LogP contribution in [0.4, 0.5) is 23.0 Å². The molecule has 0 bridgehead atoms. The minimum atomic E-state index is 0.350. The van der Waals surface area contributed by atoms with E-state index in [1.807, 2.05) is 22.9 Å². The molecule has 0 aliphatic carbocycles. The monoisotopic (exact) mass is 414 g/mol. The van der Waals surface area contributed by atoms with Gasteiger partial charge in [0.15, 0.2) is 11.5 Å². The summed E-state index contributed by atoms with van der Waals surface area (Å²) in [6.45, 7) is 8.00. The van der Waals surface area contributed by atoms with Gasteiger partial charge in [0, 0.05) is 43.1 Å². The molecule has 3 heterocycles. The Hall–Kier alpha value is -3.94. The number of nitrogen functional groups attached to an aromatic ring is 1. The number of nitrogens with two attached hydrogens (primary N) is 1. The number of anilines is 4. The van der Waals surface area contributed by atoms with Crippen LogP contribution < -0.4 is 16.0 Å². The average molecular weight is 415 g/mol. The molecule has 4 rings (SSSR count). The fourth-order valence-electron chi connectivity index (χ4n) is 3.42. The van der Waals surface area contributed by atoms with E-state index < -0.39 is 0 Å². The number of rotatable bonds is 9. The summed E-state index contributed by atoms with van der Waals surface area (Å²) in [5.74, 6) is 0.986. The summed E-state index contributed by atoms with van der Waals surface area (Å²) in [4.78, 5) is 20.0. The van der Waals surface area contributed by atoms with E-state index in [1.165, 1.54) is 11.9 Å². The maximum atomic E-state index is 5.80. The maximum absolute atomic E-state index is 5.80. The third-order valence-corrected chi connectivity index (χ3v) is 4.88. The molecule has 0 aliphatic heterocycles. The molecule has 0 spiro atoms. The lowest BCUT2D eigenvalue weighted by Gasteiger charge is -2.24. The number of nitrogens with one attached hydrogen (secondary N) is 1. The highest BCUT2D eigenvalue weighted by Crippen LogP contribution is 2.25. The Kier molecular flexibility index (Phi) is 6.07. The van der Waals surface area contributed by atoms with Gasteiger partial charge in [0.2, 0.25) is 0 Å². The largest absolute Gasteiger partial charge is 0.382 e. The first-order valence-corrected chi connectivity index (χ1v) is 10.3. The molecule has 4 aromatic rings. The van der Waals surface area contributed by atoms with Gasteiger partial charge >= 0.3 is 0 Å². The predicted molar refractivity (Wildman–Crippen MR) is 125 cm³/mol. The minimum Gasteiger partial charge on any atom is -0.382 e. The van der Waals surface area contributed by atoms with Gasteiger partial charge in [-0.3, -0.25) is 4.98 Å². The molecule has 31 heavy (non-hydrogen) atoms. The number of imidazole rings is 1. The Morgan fingerprint density at radius 2 is 1.97 bits per heavy atom. The van der Waals surface area contributed by atoms with Crippen molar-refractivity contribution in [2.45, 2.75) is 19.8 Å². The molecule has 8 nitrogen and oxygen atoms in total. The highest BCUT2D eigenvalue weighted by Gasteiger charge is 2.12. The Labute approximate surface area is 181 Å². The molecule has 0 radical (unpaired) electrons. The summed E-state index contributed by atoms with van der Waals surface area (Å²) in [7, 11) is 0. The zero-order valence-electron chi connectivity index (χ0n) is 17.6. The van der Waals surface area contributed by atoms with E-state index >= 15 is 0 Å². The molecule has 1 aromatic carbocycles. The predicted octanol–water partition coefficient (Wildman–Crippen LogP) is 4.30. The molecule has 0 aliphatic rings. The second kappa shape index (κ2) is 9.25. The normalized spacial score (nSPS) is 10.9. The molecular weight excluding hydrogens is 388 g/mol. The summed E-state index contributed by atoms with van der Waals surface area (Å²) in [5, 5.41) is 3.39. The van der Waals surface area contributed by atoms with Gasteiger partial charge in [-0.25, -0.2) is 15.0 Å². The first kappa shape index (κ1) is 20.3. The summed E-state index contributed by atoms with van der Waals surface area (Å²) >= 11 is 0. The molecule has 0 unspecified atom stereocenters. The van der Waals surface area contributed by atoms with Crippen LogP contribution in [-0.2, 0) is 0 Å². The number of benzene rings is 1. The lowest BCUT2D eigenvalue weighted by Crippen LogP contribution is -2.24. The lowest BCUT2D eigenvalue weighted by molar-refractivity contribution is 0.765. The molecular formula is C23H26N8. The number of nitrogens with zero attached hydrogens (tertiary/aromatic N) is 6. The SMILES string of the molecule is C=CCCN(CCC)c1ccc(Nc2nc(-c3cncc(N)n3)cn3ccnc23)cc1. The molecule has 158 valence electrons. The van der Waals surface area contributed by atoms with Crippen LogP contribution in [0.5, 0.6) is 0 Å². The molecule has 0 atom stereocenters. The van der Waals surface area contributed by atoms with E-state index in [-0.39, 0.29) is 0 Å². The number of hydrogen-bond donors (Lipinski definition) is 2. The molecule has 0 fully saturated rings. The van der Waals surface area contributed by atoms with Crippen molar-refractivity contribution in [3.63, 3.8) is 0 Å². The van der Waals surface area contributed by atoms with Gasteiger partial charge in [-0.15, -0.1) is 6.58 Å². The summed E-state index contributed by atoms with van der Waals surface area (Å²) < 4.78 is 1.90. The Morgan fingerprint density at radius 1 is 1.13 bits per heavy atom. The lowest BCUT2D eigenvalue weighted by atomic mass is 10.2. The van der Waals surface area contributed by atoms with Gasteiger partial charge < -0.3 is 20.4 Å². The van der Waals surface area contributed by atoms with Crippen LogP contribution in [0.15, 0.2) is 67.9 Å². The zero-order valence-corrected chi connectivity index (χ0v) is 17.6. The summed E-state index contributed by atoms with van der Waals surface area (Å²) in [5.41, 5.74) is 9.90. The van der Waals surface area contributed by atoms with E-state index in [0.717, 1.165) is 37.3 Å². The van der Waals surface area contributed by atoms with Crippen molar-refractivity contribution in [2.75, 3.05) is 29.0 Å². The molecule has 0 saturated carbocycles. The fraction of sp³-hybridized carbons (Fsp3) is 0.217. The third kappa shape index (κ3) is 4.63. The Bertz CT molecular complexity index is 1170. The van der Waals surface area contributed by atoms with Gasteiger partial charge in [-0.2, -0.15) is 0 Å². The highest BCUT2D eigenvalue weighted by atomic mass is 15.1. The van der Waals surface area contributed by atoms with Crippen LogP contribution in [0.1, 0.15) is 19.8 Å². The topological polar surface area (TPSA) is 97.3 Å².